The maximum Gasteiger partial charge on any atom is 0.268 e. The fraction of sp³-hybridized carbons (Fsp3) is 0.0476. The molecule has 5 rings (SSSR count). The Labute approximate surface area is 164 Å². The lowest BCUT2D eigenvalue weighted by molar-refractivity contribution is 0.0968. The molecule has 132 valence electrons. The van der Waals surface area contributed by atoms with Gasteiger partial charge in [-0.25, -0.2) is 0 Å². The summed E-state index contributed by atoms with van der Waals surface area (Å²) in [6.07, 6.45) is 1.69. The van der Waals surface area contributed by atoms with Crippen LogP contribution in [-0.4, -0.2) is 15.0 Å². The van der Waals surface area contributed by atoms with Crippen molar-refractivity contribution in [2.45, 2.75) is 6.54 Å². The molecule has 0 N–H and O–H groups in total. The summed E-state index contributed by atoms with van der Waals surface area (Å²) in [5, 5.41) is 1.48. The normalized spacial score (nSPS) is 12.4. The van der Waals surface area contributed by atoms with Crippen LogP contribution in [0, 0.1) is 0 Å². The molecular formula is C21H12Cl2N2O2. The van der Waals surface area contributed by atoms with Gasteiger partial charge in [-0.3, -0.25) is 14.2 Å². The van der Waals surface area contributed by atoms with Crippen molar-refractivity contribution in [1.82, 2.24) is 9.13 Å². The molecule has 1 aliphatic rings. The largest absolute Gasteiger partial charge is 0.334 e. The van der Waals surface area contributed by atoms with Crippen molar-refractivity contribution in [1.29, 1.82) is 0 Å². The Kier molecular flexibility index (Phi) is 3.54. The molecule has 0 saturated heterocycles. The third kappa shape index (κ3) is 2.30. The summed E-state index contributed by atoms with van der Waals surface area (Å²) >= 11 is 12.2. The topological polar surface area (TPSA) is 44.0 Å². The number of nitrogens with zero attached hydrogens (tertiary/aromatic N) is 2. The zero-order valence-corrected chi connectivity index (χ0v) is 15.5. The summed E-state index contributed by atoms with van der Waals surface area (Å²) in [6, 6.07) is 16.4. The van der Waals surface area contributed by atoms with Gasteiger partial charge in [0.2, 0.25) is 5.43 Å². The number of para-hydroxylation sites is 1. The Bertz CT molecular complexity index is 1320. The fourth-order valence-electron chi connectivity index (χ4n) is 3.72. The minimum absolute atomic E-state index is 0.212. The Morgan fingerprint density at radius 1 is 0.889 bits per heavy atom. The summed E-state index contributed by atoms with van der Waals surface area (Å²) in [7, 11) is 0. The van der Waals surface area contributed by atoms with E-state index in [1.807, 2.05) is 28.8 Å². The molecule has 27 heavy (non-hydrogen) atoms. The maximum absolute atomic E-state index is 13.0. The van der Waals surface area contributed by atoms with Crippen LogP contribution in [0.1, 0.15) is 15.9 Å². The first-order valence-electron chi connectivity index (χ1n) is 8.38. The lowest BCUT2D eigenvalue weighted by atomic mass is 10.1. The molecule has 4 nitrogen and oxygen atoms in total. The zero-order chi connectivity index (χ0) is 18.7. The van der Waals surface area contributed by atoms with Gasteiger partial charge in [-0.1, -0.05) is 41.4 Å². The van der Waals surface area contributed by atoms with Gasteiger partial charge < -0.3 is 4.57 Å². The minimum atomic E-state index is -0.288. The lowest BCUT2D eigenvalue weighted by Gasteiger charge is -2.16. The molecule has 0 bridgehead atoms. The maximum atomic E-state index is 13.0. The molecule has 0 amide bonds. The predicted molar refractivity (Wildman–Crippen MR) is 107 cm³/mol. The van der Waals surface area contributed by atoms with Crippen LogP contribution in [0.25, 0.3) is 22.3 Å². The van der Waals surface area contributed by atoms with E-state index in [1.165, 1.54) is 4.57 Å². The molecule has 0 spiro atoms. The molecular weight excluding hydrogens is 383 g/mol. The summed E-state index contributed by atoms with van der Waals surface area (Å²) in [4.78, 5) is 25.8. The highest BCUT2D eigenvalue weighted by atomic mass is 35.5. The van der Waals surface area contributed by atoms with Crippen LogP contribution in [0.4, 0.5) is 0 Å². The molecule has 0 radical (unpaired) electrons. The van der Waals surface area contributed by atoms with Crippen molar-refractivity contribution < 1.29 is 4.79 Å². The number of halogens is 2. The van der Waals surface area contributed by atoms with Crippen LogP contribution in [0.15, 0.2) is 65.6 Å². The number of carbonyl (C=O) groups excluding carboxylic acids is 1. The summed E-state index contributed by atoms with van der Waals surface area (Å²) in [5.74, 6) is -0.288. The van der Waals surface area contributed by atoms with Crippen LogP contribution in [0.2, 0.25) is 10.0 Å². The van der Waals surface area contributed by atoms with E-state index >= 15 is 0 Å². The van der Waals surface area contributed by atoms with E-state index in [0.29, 0.717) is 27.7 Å². The molecule has 0 fully saturated rings. The average molecular weight is 395 g/mol. The first-order valence-corrected chi connectivity index (χ1v) is 9.14. The van der Waals surface area contributed by atoms with E-state index in [9.17, 15) is 9.59 Å². The monoisotopic (exact) mass is 394 g/mol. The van der Waals surface area contributed by atoms with E-state index in [4.69, 9.17) is 23.2 Å². The van der Waals surface area contributed by atoms with Crippen LogP contribution in [0.5, 0.6) is 0 Å². The quantitative estimate of drug-likeness (QED) is 0.430. The Balaban J connectivity index is 1.85. The first-order chi connectivity index (χ1) is 13.1. The highest BCUT2D eigenvalue weighted by Gasteiger charge is 2.32. The number of benzene rings is 2. The highest BCUT2D eigenvalue weighted by molar-refractivity contribution is 6.42. The van der Waals surface area contributed by atoms with Gasteiger partial charge in [0.05, 0.1) is 26.9 Å². The predicted octanol–water partition coefficient (Wildman–Crippen LogP) is 4.83. The van der Waals surface area contributed by atoms with E-state index in [0.717, 1.165) is 16.8 Å². The number of carbonyl (C=O) groups is 1. The van der Waals surface area contributed by atoms with Gasteiger partial charge in [0.1, 0.15) is 5.56 Å². The van der Waals surface area contributed by atoms with Gasteiger partial charge in [-0.15, -0.1) is 0 Å². The Hall–Kier alpha value is -2.82. The number of hydrogen-bond acceptors (Lipinski definition) is 2. The number of hydrogen-bond donors (Lipinski definition) is 0. The van der Waals surface area contributed by atoms with Crippen LogP contribution < -0.4 is 5.43 Å². The smallest absolute Gasteiger partial charge is 0.268 e. The number of fused-ring (bicyclic) bond motifs is 4. The molecule has 6 heteroatoms. The minimum Gasteiger partial charge on any atom is -0.334 e. The molecule has 0 saturated carbocycles. The van der Waals surface area contributed by atoms with Gasteiger partial charge >= 0.3 is 0 Å². The van der Waals surface area contributed by atoms with Gasteiger partial charge in [0.15, 0.2) is 0 Å². The molecule has 0 aliphatic carbocycles. The van der Waals surface area contributed by atoms with Crippen LogP contribution >= 0.6 is 23.2 Å². The molecule has 0 unspecified atom stereocenters. The first kappa shape index (κ1) is 16.4. The Morgan fingerprint density at radius 3 is 2.52 bits per heavy atom. The third-order valence-electron chi connectivity index (χ3n) is 4.92. The molecule has 1 aliphatic heterocycles. The van der Waals surface area contributed by atoms with Crippen molar-refractivity contribution in [2.24, 2.45) is 0 Å². The van der Waals surface area contributed by atoms with Crippen molar-refractivity contribution in [3.63, 3.8) is 0 Å². The third-order valence-corrected chi connectivity index (χ3v) is 5.66. The van der Waals surface area contributed by atoms with E-state index in [1.54, 1.807) is 36.5 Å². The molecule has 2 aromatic heterocycles. The van der Waals surface area contributed by atoms with Crippen molar-refractivity contribution in [3.05, 3.63) is 92.2 Å². The number of rotatable bonds is 2. The molecule has 2 aromatic carbocycles. The van der Waals surface area contributed by atoms with E-state index in [-0.39, 0.29) is 16.9 Å². The van der Waals surface area contributed by atoms with Crippen molar-refractivity contribution in [3.8, 4) is 11.4 Å². The molecule has 3 heterocycles. The van der Waals surface area contributed by atoms with Gasteiger partial charge in [-0.2, -0.15) is 0 Å². The fourth-order valence-corrected chi connectivity index (χ4v) is 4.04. The SMILES string of the molecule is O=C1c2c(n(Cc3ccc(Cl)c(Cl)c3)c3ccccc3c2=O)-c2cccn21. The van der Waals surface area contributed by atoms with Gasteiger partial charge in [-0.05, 0) is 42.0 Å². The number of pyridine rings is 1. The second kappa shape index (κ2) is 5.84. The zero-order valence-electron chi connectivity index (χ0n) is 13.9. The number of aromatic nitrogens is 2. The second-order valence-electron chi connectivity index (χ2n) is 6.47. The van der Waals surface area contributed by atoms with Gasteiger partial charge in [0.25, 0.3) is 5.91 Å². The average Bonchev–Trinajstić information content (AvgIpc) is 3.24. The molecule has 0 atom stereocenters. The molecule has 4 aromatic rings. The van der Waals surface area contributed by atoms with Crippen molar-refractivity contribution in [2.75, 3.05) is 0 Å². The second-order valence-corrected chi connectivity index (χ2v) is 7.29. The standard InChI is InChI=1S/C21H12Cl2N2O2/c22-14-8-7-12(10-15(14)23)11-25-16-5-2-1-4-13(16)20(26)18-19(25)17-6-3-9-24(17)21(18)27/h1-10H,11H2. The Morgan fingerprint density at radius 2 is 1.70 bits per heavy atom. The van der Waals surface area contributed by atoms with Crippen LogP contribution in [-0.2, 0) is 6.54 Å². The van der Waals surface area contributed by atoms with Gasteiger partial charge in [0, 0.05) is 18.1 Å². The van der Waals surface area contributed by atoms with E-state index in [2.05, 4.69) is 0 Å². The van der Waals surface area contributed by atoms with Crippen molar-refractivity contribution >= 4 is 40.0 Å². The summed E-state index contributed by atoms with van der Waals surface area (Å²) in [5.41, 5.74) is 3.04. The highest BCUT2D eigenvalue weighted by Crippen LogP contribution is 2.34. The van der Waals surface area contributed by atoms with Crippen LogP contribution in [0.3, 0.4) is 0 Å². The summed E-state index contributed by atoms with van der Waals surface area (Å²) < 4.78 is 3.53. The van der Waals surface area contributed by atoms with E-state index < -0.39 is 0 Å². The lowest BCUT2D eigenvalue weighted by Crippen LogP contribution is -2.20. The summed E-state index contributed by atoms with van der Waals surface area (Å²) in [6.45, 7) is 0.457.